The fraction of sp³-hybridized carbons (Fsp3) is 0.231. The molecule has 1 aromatic heterocycles. The SMILES string of the molecule is Cc1ccc(C(=O)NC(C)c2cn[nH]c2)cc1. The zero-order valence-electron chi connectivity index (χ0n) is 9.90. The van der Waals surface area contributed by atoms with Crippen molar-refractivity contribution in [2.45, 2.75) is 19.9 Å². The van der Waals surface area contributed by atoms with Crippen molar-refractivity contribution in [3.8, 4) is 0 Å². The normalized spacial score (nSPS) is 12.1. The zero-order valence-corrected chi connectivity index (χ0v) is 9.90. The lowest BCUT2D eigenvalue weighted by molar-refractivity contribution is 0.0940. The minimum atomic E-state index is -0.0706. The molecule has 2 aromatic rings. The number of aryl methyl sites for hydroxylation is 1. The van der Waals surface area contributed by atoms with E-state index in [9.17, 15) is 4.79 Å². The van der Waals surface area contributed by atoms with Crippen molar-refractivity contribution in [1.29, 1.82) is 0 Å². The van der Waals surface area contributed by atoms with E-state index >= 15 is 0 Å². The molecule has 0 fully saturated rings. The Labute approximate surface area is 100 Å². The molecule has 4 nitrogen and oxygen atoms in total. The van der Waals surface area contributed by atoms with Crippen molar-refractivity contribution in [2.75, 3.05) is 0 Å². The second-order valence-corrected chi connectivity index (χ2v) is 4.09. The number of aromatic nitrogens is 2. The van der Waals surface area contributed by atoms with Gasteiger partial charge in [0.25, 0.3) is 5.91 Å². The van der Waals surface area contributed by atoms with Gasteiger partial charge in [0.2, 0.25) is 0 Å². The number of carbonyl (C=O) groups excluding carboxylic acids is 1. The van der Waals surface area contributed by atoms with Gasteiger partial charge in [-0.25, -0.2) is 0 Å². The van der Waals surface area contributed by atoms with Crippen LogP contribution in [0.4, 0.5) is 0 Å². The maximum Gasteiger partial charge on any atom is 0.251 e. The molecule has 1 heterocycles. The highest BCUT2D eigenvalue weighted by molar-refractivity contribution is 5.94. The molecule has 0 spiro atoms. The molecule has 0 radical (unpaired) electrons. The fourth-order valence-corrected chi connectivity index (χ4v) is 1.57. The summed E-state index contributed by atoms with van der Waals surface area (Å²) in [6, 6.07) is 7.46. The van der Waals surface area contributed by atoms with Crippen LogP contribution in [0.25, 0.3) is 0 Å². The lowest BCUT2D eigenvalue weighted by atomic mass is 10.1. The summed E-state index contributed by atoms with van der Waals surface area (Å²) in [5.74, 6) is -0.0706. The van der Waals surface area contributed by atoms with Crippen LogP contribution in [-0.2, 0) is 0 Å². The van der Waals surface area contributed by atoms with Gasteiger partial charge >= 0.3 is 0 Å². The number of amides is 1. The van der Waals surface area contributed by atoms with E-state index in [1.165, 1.54) is 0 Å². The average Bonchev–Trinajstić information content (AvgIpc) is 2.83. The Kier molecular flexibility index (Phi) is 3.23. The standard InChI is InChI=1S/C13H15N3O/c1-9-3-5-11(6-4-9)13(17)16-10(2)12-7-14-15-8-12/h3-8,10H,1-2H3,(H,14,15)(H,16,17). The highest BCUT2D eigenvalue weighted by Crippen LogP contribution is 2.11. The Balaban J connectivity index is 2.04. The third-order valence-corrected chi connectivity index (χ3v) is 2.68. The Bertz CT molecular complexity index is 488. The van der Waals surface area contributed by atoms with E-state index < -0.39 is 0 Å². The van der Waals surface area contributed by atoms with Gasteiger partial charge in [-0.15, -0.1) is 0 Å². The van der Waals surface area contributed by atoms with Gasteiger partial charge in [-0.1, -0.05) is 17.7 Å². The van der Waals surface area contributed by atoms with Crippen molar-refractivity contribution in [3.63, 3.8) is 0 Å². The van der Waals surface area contributed by atoms with Crippen molar-refractivity contribution in [1.82, 2.24) is 15.5 Å². The number of carbonyl (C=O) groups is 1. The van der Waals surface area contributed by atoms with Gasteiger partial charge < -0.3 is 5.32 Å². The third-order valence-electron chi connectivity index (χ3n) is 2.68. The molecule has 1 atom stereocenters. The Morgan fingerprint density at radius 1 is 1.35 bits per heavy atom. The summed E-state index contributed by atoms with van der Waals surface area (Å²) in [7, 11) is 0. The van der Waals surface area contributed by atoms with Gasteiger partial charge in [0.05, 0.1) is 12.2 Å². The minimum Gasteiger partial charge on any atom is -0.345 e. The first-order chi connectivity index (χ1) is 8.16. The van der Waals surface area contributed by atoms with Gasteiger partial charge in [-0.2, -0.15) is 5.10 Å². The number of hydrogen-bond donors (Lipinski definition) is 2. The zero-order chi connectivity index (χ0) is 12.3. The lowest BCUT2D eigenvalue weighted by Gasteiger charge is -2.12. The van der Waals surface area contributed by atoms with Gasteiger partial charge in [-0.3, -0.25) is 9.89 Å². The topological polar surface area (TPSA) is 57.8 Å². The highest BCUT2D eigenvalue weighted by atomic mass is 16.1. The second-order valence-electron chi connectivity index (χ2n) is 4.09. The highest BCUT2D eigenvalue weighted by Gasteiger charge is 2.11. The summed E-state index contributed by atoms with van der Waals surface area (Å²) in [5.41, 5.74) is 2.78. The van der Waals surface area contributed by atoms with E-state index in [4.69, 9.17) is 0 Å². The molecule has 0 aliphatic carbocycles. The third kappa shape index (κ3) is 2.72. The Morgan fingerprint density at radius 3 is 2.65 bits per heavy atom. The van der Waals surface area contributed by atoms with E-state index in [2.05, 4.69) is 15.5 Å². The molecule has 0 bridgehead atoms. The summed E-state index contributed by atoms with van der Waals surface area (Å²) < 4.78 is 0. The van der Waals surface area contributed by atoms with Gasteiger partial charge in [0, 0.05) is 17.3 Å². The number of benzene rings is 1. The van der Waals surface area contributed by atoms with E-state index in [-0.39, 0.29) is 11.9 Å². The molecule has 0 aliphatic heterocycles. The molecule has 88 valence electrons. The molecular formula is C13H15N3O. The minimum absolute atomic E-state index is 0.0532. The largest absolute Gasteiger partial charge is 0.345 e. The predicted octanol–water partition coefficient (Wildman–Crippen LogP) is 2.21. The van der Waals surface area contributed by atoms with Crippen LogP contribution >= 0.6 is 0 Å². The van der Waals surface area contributed by atoms with Crippen LogP contribution in [0.1, 0.15) is 34.5 Å². The summed E-state index contributed by atoms with van der Waals surface area (Å²) >= 11 is 0. The van der Waals surface area contributed by atoms with Crippen LogP contribution in [0.2, 0.25) is 0 Å². The molecule has 0 saturated heterocycles. The van der Waals surface area contributed by atoms with Crippen LogP contribution in [0.15, 0.2) is 36.7 Å². The molecule has 2 rings (SSSR count). The number of nitrogens with zero attached hydrogens (tertiary/aromatic N) is 1. The molecule has 0 saturated carbocycles. The number of H-pyrrole nitrogens is 1. The van der Waals surface area contributed by atoms with Gasteiger partial charge in [0.15, 0.2) is 0 Å². The van der Waals surface area contributed by atoms with E-state index in [0.29, 0.717) is 5.56 Å². The van der Waals surface area contributed by atoms with Crippen molar-refractivity contribution < 1.29 is 4.79 Å². The van der Waals surface area contributed by atoms with Crippen molar-refractivity contribution in [2.24, 2.45) is 0 Å². The molecule has 17 heavy (non-hydrogen) atoms. The maximum atomic E-state index is 11.9. The maximum absolute atomic E-state index is 11.9. The first-order valence-electron chi connectivity index (χ1n) is 5.53. The first kappa shape index (κ1) is 11.4. The lowest BCUT2D eigenvalue weighted by Crippen LogP contribution is -2.26. The Hall–Kier alpha value is -2.10. The van der Waals surface area contributed by atoms with Crippen LogP contribution in [0, 0.1) is 6.92 Å². The molecule has 1 unspecified atom stereocenters. The van der Waals surface area contributed by atoms with Crippen molar-refractivity contribution in [3.05, 3.63) is 53.3 Å². The van der Waals surface area contributed by atoms with Gasteiger partial charge in [-0.05, 0) is 26.0 Å². The van der Waals surface area contributed by atoms with Crippen LogP contribution in [-0.4, -0.2) is 16.1 Å². The summed E-state index contributed by atoms with van der Waals surface area (Å²) in [4.78, 5) is 11.9. The second kappa shape index (κ2) is 4.82. The van der Waals surface area contributed by atoms with E-state index in [1.807, 2.05) is 38.1 Å². The van der Waals surface area contributed by atoms with Crippen molar-refractivity contribution >= 4 is 5.91 Å². The molecule has 4 heteroatoms. The van der Waals surface area contributed by atoms with E-state index in [0.717, 1.165) is 11.1 Å². The quantitative estimate of drug-likeness (QED) is 0.847. The summed E-state index contributed by atoms with van der Waals surface area (Å²) in [6.07, 6.45) is 3.49. The molecule has 2 N–H and O–H groups in total. The first-order valence-corrected chi connectivity index (χ1v) is 5.53. The Morgan fingerprint density at radius 2 is 2.06 bits per heavy atom. The molecular weight excluding hydrogens is 214 g/mol. The number of nitrogens with one attached hydrogen (secondary N) is 2. The number of rotatable bonds is 3. The molecule has 1 aromatic carbocycles. The van der Waals surface area contributed by atoms with Crippen LogP contribution in [0.5, 0.6) is 0 Å². The average molecular weight is 229 g/mol. The molecule has 1 amide bonds. The smallest absolute Gasteiger partial charge is 0.251 e. The fourth-order valence-electron chi connectivity index (χ4n) is 1.57. The molecule has 0 aliphatic rings. The van der Waals surface area contributed by atoms with Gasteiger partial charge in [0.1, 0.15) is 0 Å². The summed E-state index contributed by atoms with van der Waals surface area (Å²) in [6.45, 7) is 3.92. The van der Waals surface area contributed by atoms with Crippen LogP contribution in [0.3, 0.4) is 0 Å². The monoisotopic (exact) mass is 229 g/mol. The van der Waals surface area contributed by atoms with E-state index in [1.54, 1.807) is 12.4 Å². The number of hydrogen-bond acceptors (Lipinski definition) is 2. The summed E-state index contributed by atoms with van der Waals surface area (Å²) in [5, 5.41) is 9.51. The van der Waals surface area contributed by atoms with Crippen LogP contribution < -0.4 is 5.32 Å². The number of aromatic amines is 1. The predicted molar refractivity (Wildman–Crippen MR) is 65.6 cm³/mol.